The summed E-state index contributed by atoms with van der Waals surface area (Å²) in [6, 6.07) is 2.28. The van der Waals surface area contributed by atoms with Gasteiger partial charge in [-0.2, -0.15) is 5.10 Å². The van der Waals surface area contributed by atoms with Crippen molar-refractivity contribution in [2.75, 3.05) is 0 Å². The predicted molar refractivity (Wildman–Crippen MR) is 68.3 cm³/mol. The molecule has 1 N–H and O–H groups in total. The van der Waals surface area contributed by atoms with Crippen molar-refractivity contribution in [3.8, 4) is 0 Å². The molecule has 0 spiro atoms. The van der Waals surface area contributed by atoms with Crippen molar-refractivity contribution in [1.82, 2.24) is 14.5 Å². The van der Waals surface area contributed by atoms with E-state index >= 15 is 0 Å². The molecule has 0 saturated heterocycles. The molecule has 0 aliphatic heterocycles. The Balaban J connectivity index is 2.20. The van der Waals surface area contributed by atoms with E-state index in [1.165, 1.54) is 17.8 Å². The van der Waals surface area contributed by atoms with Gasteiger partial charge in [0.15, 0.2) is 17.5 Å². The minimum Gasteiger partial charge on any atom is -0.271 e. The van der Waals surface area contributed by atoms with Crippen LogP contribution in [-0.2, 0) is 16.6 Å². The van der Waals surface area contributed by atoms with Crippen LogP contribution in [0.1, 0.15) is 6.92 Å². The van der Waals surface area contributed by atoms with Crippen LogP contribution < -0.4 is 4.72 Å². The van der Waals surface area contributed by atoms with Gasteiger partial charge in [-0.05, 0) is 25.1 Å². The van der Waals surface area contributed by atoms with Gasteiger partial charge in [-0.1, -0.05) is 0 Å². The van der Waals surface area contributed by atoms with E-state index < -0.39 is 38.4 Å². The summed E-state index contributed by atoms with van der Waals surface area (Å²) in [5, 5.41) is 3.90. The summed E-state index contributed by atoms with van der Waals surface area (Å²) in [6.07, 6.45) is 3.15. The van der Waals surface area contributed by atoms with E-state index in [4.69, 9.17) is 0 Å². The highest BCUT2D eigenvalue weighted by Gasteiger charge is 2.25. The zero-order chi connectivity index (χ0) is 15.6. The number of aromatic nitrogens is 2. The molecule has 0 aliphatic carbocycles. The molecule has 0 fully saturated rings. The molecular weight excluding hydrogens is 307 g/mol. The standard InChI is InChI=1S/C12H12F3N3O2S/c1-8(7-18-6-2-5-16-18)17-21(19,20)10-4-3-9(13)11(14)12(10)15/h2-6,8,17H,7H2,1H3/t8-/m1/s1. The average molecular weight is 319 g/mol. The van der Waals surface area contributed by atoms with Gasteiger partial charge in [0.2, 0.25) is 10.0 Å². The fraction of sp³-hybridized carbons (Fsp3) is 0.250. The van der Waals surface area contributed by atoms with Crippen LogP contribution in [-0.4, -0.2) is 24.2 Å². The summed E-state index contributed by atoms with van der Waals surface area (Å²) < 4.78 is 67.1. The van der Waals surface area contributed by atoms with Gasteiger partial charge < -0.3 is 0 Å². The number of halogens is 3. The molecule has 0 bridgehead atoms. The molecule has 2 rings (SSSR count). The number of sulfonamides is 1. The van der Waals surface area contributed by atoms with Crippen LogP contribution >= 0.6 is 0 Å². The molecule has 1 heterocycles. The Morgan fingerprint density at radius 3 is 2.62 bits per heavy atom. The summed E-state index contributed by atoms with van der Waals surface area (Å²) in [4.78, 5) is -0.936. The molecule has 2 aromatic rings. The first-order chi connectivity index (χ1) is 9.81. The third-order valence-electron chi connectivity index (χ3n) is 2.67. The van der Waals surface area contributed by atoms with Crippen LogP contribution in [0.25, 0.3) is 0 Å². The minimum atomic E-state index is -4.31. The quantitative estimate of drug-likeness (QED) is 0.853. The average Bonchev–Trinajstić information content (AvgIpc) is 2.87. The normalized spacial score (nSPS) is 13.3. The van der Waals surface area contributed by atoms with Crippen molar-refractivity contribution in [2.24, 2.45) is 0 Å². The number of nitrogens with one attached hydrogen (secondary N) is 1. The Bertz CT molecular complexity index is 732. The van der Waals surface area contributed by atoms with Gasteiger partial charge >= 0.3 is 0 Å². The summed E-state index contributed by atoms with van der Waals surface area (Å²) in [7, 11) is -4.31. The number of benzene rings is 1. The second-order valence-electron chi connectivity index (χ2n) is 4.42. The van der Waals surface area contributed by atoms with Crippen molar-refractivity contribution in [3.05, 3.63) is 48.0 Å². The summed E-state index contributed by atoms with van der Waals surface area (Å²) in [6.45, 7) is 1.74. The van der Waals surface area contributed by atoms with E-state index in [0.29, 0.717) is 12.1 Å². The molecule has 1 atom stereocenters. The number of hydrogen-bond donors (Lipinski definition) is 1. The second kappa shape index (κ2) is 5.86. The Morgan fingerprint density at radius 2 is 2.00 bits per heavy atom. The highest BCUT2D eigenvalue weighted by molar-refractivity contribution is 7.89. The van der Waals surface area contributed by atoms with E-state index in [1.54, 1.807) is 12.3 Å². The zero-order valence-electron chi connectivity index (χ0n) is 10.9. The smallest absolute Gasteiger partial charge is 0.243 e. The van der Waals surface area contributed by atoms with Crippen molar-refractivity contribution in [3.63, 3.8) is 0 Å². The largest absolute Gasteiger partial charge is 0.271 e. The predicted octanol–water partition coefficient (Wildman–Crippen LogP) is 1.67. The highest BCUT2D eigenvalue weighted by Crippen LogP contribution is 2.19. The lowest BCUT2D eigenvalue weighted by atomic mass is 10.3. The lowest BCUT2D eigenvalue weighted by Gasteiger charge is -2.15. The SMILES string of the molecule is C[C@H](Cn1cccn1)NS(=O)(=O)c1ccc(F)c(F)c1F. The summed E-state index contributed by atoms with van der Waals surface area (Å²) >= 11 is 0. The molecule has 0 unspecified atom stereocenters. The van der Waals surface area contributed by atoms with E-state index in [1.807, 2.05) is 0 Å². The maximum Gasteiger partial charge on any atom is 0.243 e. The molecule has 0 saturated carbocycles. The summed E-state index contributed by atoms with van der Waals surface area (Å²) in [5.74, 6) is -5.01. The Morgan fingerprint density at radius 1 is 1.29 bits per heavy atom. The first-order valence-corrected chi connectivity index (χ1v) is 7.43. The molecule has 1 aromatic carbocycles. The first-order valence-electron chi connectivity index (χ1n) is 5.94. The maximum atomic E-state index is 13.5. The molecule has 114 valence electrons. The fourth-order valence-corrected chi connectivity index (χ4v) is 3.07. The lowest BCUT2D eigenvalue weighted by molar-refractivity contribution is 0.430. The molecule has 0 aliphatic rings. The molecule has 0 radical (unpaired) electrons. The highest BCUT2D eigenvalue weighted by atomic mass is 32.2. The molecule has 0 amide bonds. The zero-order valence-corrected chi connectivity index (χ0v) is 11.7. The molecule has 5 nitrogen and oxygen atoms in total. The van der Waals surface area contributed by atoms with Crippen molar-refractivity contribution >= 4 is 10.0 Å². The maximum absolute atomic E-state index is 13.5. The monoisotopic (exact) mass is 319 g/mol. The number of rotatable bonds is 5. The number of nitrogens with zero attached hydrogens (tertiary/aromatic N) is 2. The van der Waals surface area contributed by atoms with Gasteiger partial charge in [-0.3, -0.25) is 4.68 Å². The van der Waals surface area contributed by atoms with Gasteiger partial charge in [-0.15, -0.1) is 0 Å². The second-order valence-corrected chi connectivity index (χ2v) is 6.11. The van der Waals surface area contributed by atoms with E-state index in [-0.39, 0.29) is 6.54 Å². The van der Waals surface area contributed by atoms with Gasteiger partial charge in [0.05, 0.1) is 6.54 Å². The minimum absolute atomic E-state index is 0.206. The van der Waals surface area contributed by atoms with Crippen LogP contribution in [0.4, 0.5) is 13.2 Å². The van der Waals surface area contributed by atoms with E-state index in [0.717, 1.165) is 0 Å². The molecular formula is C12H12F3N3O2S. The van der Waals surface area contributed by atoms with Gasteiger partial charge in [-0.25, -0.2) is 26.3 Å². The Hall–Kier alpha value is -1.87. The third kappa shape index (κ3) is 3.42. The molecule has 9 heteroatoms. The fourth-order valence-electron chi connectivity index (χ4n) is 1.77. The Kier molecular flexibility index (Phi) is 4.33. The van der Waals surface area contributed by atoms with E-state index in [2.05, 4.69) is 9.82 Å². The van der Waals surface area contributed by atoms with Crippen LogP contribution in [0, 0.1) is 17.5 Å². The van der Waals surface area contributed by atoms with Crippen LogP contribution in [0.15, 0.2) is 35.5 Å². The molecule has 1 aromatic heterocycles. The lowest BCUT2D eigenvalue weighted by Crippen LogP contribution is -2.36. The molecule has 21 heavy (non-hydrogen) atoms. The van der Waals surface area contributed by atoms with Crippen molar-refractivity contribution in [1.29, 1.82) is 0 Å². The van der Waals surface area contributed by atoms with Gasteiger partial charge in [0.25, 0.3) is 0 Å². The summed E-state index contributed by atoms with van der Waals surface area (Å²) in [5.41, 5.74) is 0. The third-order valence-corrected chi connectivity index (χ3v) is 4.27. The number of hydrogen-bond acceptors (Lipinski definition) is 3. The van der Waals surface area contributed by atoms with E-state index in [9.17, 15) is 21.6 Å². The van der Waals surface area contributed by atoms with Crippen LogP contribution in [0.2, 0.25) is 0 Å². The van der Waals surface area contributed by atoms with Crippen molar-refractivity contribution in [2.45, 2.75) is 24.4 Å². The van der Waals surface area contributed by atoms with Crippen LogP contribution in [0.5, 0.6) is 0 Å². The van der Waals surface area contributed by atoms with Gasteiger partial charge in [0, 0.05) is 18.4 Å². The van der Waals surface area contributed by atoms with Crippen LogP contribution in [0.3, 0.4) is 0 Å². The van der Waals surface area contributed by atoms with Gasteiger partial charge in [0.1, 0.15) is 4.90 Å². The topological polar surface area (TPSA) is 64.0 Å². The van der Waals surface area contributed by atoms with Crippen molar-refractivity contribution < 1.29 is 21.6 Å². The first kappa shape index (κ1) is 15.5. The Labute approximate surface area is 119 Å².